The van der Waals surface area contributed by atoms with Crippen LogP contribution in [0.3, 0.4) is 0 Å². The first-order chi connectivity index (χ1) is 15.3. The molecule has 1 heterocycles. The van der Waals surface area contributed by atoms with Crippen LogP contribution in [0.15, 0.2) is 9.21 Å². The minimum atomic E-state index is -8.46. The maximum Gasteiger partial charge on any atom is 0.460 e. The molecule has 198 valence electrons. The second kappa shape index (κ2) is 7.58. The molecule has 0 atom stereocenters. The van der Waals surface area contributed by atoms with Gasteiger partial charge in [-0.2, -0.15) is 65.9 Å². The van der Waals surface area contributed by atoms with Crippen molar-refractivity contribution < 1.29 is 83.4 Å². The number of alkyl halides is 13. The minimum absolute atomic E-state index is 2.47. The van der Waals surface area contributed by atoms with E-state index >= 15 is 0 Å². The Kier molecular flexibility index (Phi) is 6.15. The summed E-state index contributed by atoms with van der Waals surface area (Å²) in [6.07, 6.45) is -7.76. The van der Waals surface area contributed by atoms with Crippen molar-refractivity contribution in [1.29, 1.82) is 0 Å². The van der Waals surface area contributed by atoms with Crippen LogP contribution in [0.2, 0.25) is 0 Å². The van der Waals surface area contributed by atoms with Crippen LogP contribution < -0.4 is 5.43 Å². The van der Waals surface area contributed by atoms with E-state index in [0.29, 0.717) is 0 Å². The van der Waals surface area contributed by atoms with Crippen LogP contribution in [0.4, 0.5) is 79.0 Å². The Morgan fingerprint density at radius 2 is 0.886 bits per heavy atom. The third-order valence-electron chi connectivity index (χ3n) is 4.27. The second-order valence-electron chi connectivity index (χ2n) is 6.40. The SMILES string of the molecule is O=c1c(F)c(C(F)(F)C(F)(F)C(F)(F)C(F)(F)C(F)(F)C(F)(F)F)oc2c(F)c(F)c(F)c(F)c12. The molecular weight excluding hydrogens is 554 g/mol. The van der Waals surface area contributed by atoms with Crippen molar-refractivity contribution in [2.45, 2.75) is 35.8 Å². The summed E-state index contributed by atoms with van der Waals surface area (Å²) in [6.45, 7) is 0. The fourth-order valence-electron chi connectivity index (χ4n) is 2.38. The first-order valence-corrected chi connectivity index (χ1v) is 7.76. The van der Waals surface area contributed by atoms with Crippen LogP contribution in [0.1, 0.15) is 5.76 Å². The molecule has 20 heteroatoms. The van der Waals surface area contributed by atoms with E-state index in [0.717, 1.165) is 0 Å². The first-order valence-electron chi connectivity index (χ1n) is 7.76. The first kappa shape index (κ1) is 28.4. The Hall–Kier alpha value is -2.83. The van der Waals surface area contributed by atoms with Gasteiger partial charge in [0.05, 0.1) is 0 Å². The highest BCUT2D eigenvalue weighted by Gasteiger charge is 2.91. The van der Waals surface area contributed by atoms with Crippen LogP contribution in [0.5, 0.6) is 0 Å². The number of hydrogen-bond donors (Lipinski definition) is 0. The van der Waals surface area contributed by atoms with Gasteiger partial charge in [0.15, 0.2) is 17.2 Å². The van der Waals surface area contributed by atoms with E-state index < -0.39 is 87.0 Å². The molecule has 2 nitrogen and oxygen atoms in total. The van der Waals surface area contributed by atoms with Crippen LogP contribution in [-0.2, 0) is 5.92 Å². The molecule has 0 N–H and O–H groups in total. The molecular formula is C15F18O2. The van der Waals surface area contributed by atoms with E-state index in [9.17, 15) is 83.8 Å². The fourth-order valence-corrected chi connectivity index (χ4v) is 2.38. The average molecular weight is 554 g/mol. The quantitative estimate of drug-likeness (QED) is 0.235. The van der Waals surface area contributed by atoms with E-state index in [4.69, 9.17) is 0 Å². The highest BCUT2D eigenvalue weighted by molar-refractivity contribution is 5.78. The van der Waals surface area contributed by atoms with Crippen LogP contribution >= 0.6 is 0 Å². The van der Waals surface area contributed by atoms with Gasteiger partial charge in [0.1, 0.15) is 5.39 Å². The highest BCUT2D eigenvalue weighted by Crippen LogP contribution is 2.62. The topological polar surface area (TPSA) is 30.2 Å². The van der Waals surface area contributed by atoms with E-state index in [1.807, 2.05) is 0 Å². The lowest BCUT2D eigenvalue weighted by Gasteiger charge is -2.39. The van der Waals surface area contributed by atoms with Gasteiger partial charge in [-0.3, -0.25) is 4.79 Å². The molecule has 0 aliphatic carbocycles. The minimum Gasteiger partial charge on any atom is -0.448 e. The van der Waals surface area contributed by atoms with Gasteiger partial charge in [0.25, 0.3) is 0 Å². The fraction of sp³-hybridized carbons (Fsp3) is 0.400. The summed E-state index contributed by atoms with van der Waals surface area (Å²) in [7, 11) is 0. The number of benzene rings is 1. The van der Waals surface area contributed by atoms with Crippen molar-refractivity contribution in [2.75, 3.05) is 0 Å². The molecule has 1 aromatic heterocycles. The Morgan fingerprint density at radius 1 is 0.486 bits per heavy atom. The smallest absolute Gasteiger partial charge is 0.448 e. The molecule has 0 saturated heterocycles. The zero-order valence-electron chi connectivity index (χ0n) is 15.1. The third-order valence-corrected chi connectivity index (χ3v) is 4.27. The van der Waals surface area contributed by atoms with Gasteiger partial charge >= 0.3 is 35.8 Å². The zero-order chi connectivity index (χ0) is 27.9. The van der Waals surface area contributed by atoms with E-state index in [2.05, 4.69) is 4.42 Å². The van der Waals surface area contributed by atoms with Crippen molar-refractivity contribution >= 4 is 11.0 Å². The number of hydrogen-bond acceptors (Lipinski definition) is 2. The molecule has 0 aliphatic heterocycles. The molecule has 0 fully saturated rings. The van der Waals surface area contributed by atoms with Gasteiger partial charge in [-0.25, -0.2) is 13.2 Å². The Morgan fingerprint density at radius 3 is 1.31 bits per heavy atom. The molecule has 2 rings (SSSR count). The zero-order valence-corrected chi connectivity index (χ0v) is 15.1. The number of fused-ring (bicyclic) bond motifs is 1. The summed E-state index contributed by atoms with van der Waals surface area (Å²) < 4.78 is 242. The molecule has 0 aliphatic rings. The van der Waals surface area contributed by atoms with Gasteiger partial charge in [0.2, 0.25) is 28.6 Å². The van der Waals surface area contributed by atoms with Gasteiger partial charge in [-0.1, -0.05) is 0 Å². The third kappa shape index (κ3) is 3.41. The lowest BCUT2D eigenvalue weighted by atomic mass is 9.92. The lowest BCUT2D eigenvalue weighted by Crippen LogP contribution is -2.69. The number of halogens is 18. The predicted octanol–water partition coefficient (Wildman–Crippen LogP) is 6.68. The number of rotatable bonds is 5. The molecule has 1 aromatic carbocycles. The molecule has 0 radical (unpaired) electrons. The lowest BCUT2D eigenvalue weighted by molar-refractivity contribution is -0.442. The van der Waals surface area contributed by atoms with Gasteiger partial charge in [-0.15, -0.1) is 0 Å². The van der Waals surface area contributed by atoms with Crippen molar-refractivity contribution in [3.63, 3.8) is 0 Å². The maximum absolute atomic E-state index is 14.1. The van der Waals surface area contributed by atoms with Gasteiger partial charge in [-0.05, 0) is 0 Å². The van der Waals surface area contributed by atoms with Crippen LogP contribution in [-0.4, -0.2) is 29.9 Å². The van der Waals surface area contributed by atoms with Crippen LogP contribution in [0, 0.1) is 29.1 Å². The normalized spacial score (nSPS) is 14.7. The van der Waals surface area contributed by atoms with Crippen LogP contribution in [0.25, 0.3) is 11.0 Å². The molecule has 0 spiro atoms. The Bertz CT molecular complexity index is 1240. The molecule has 0 bridgehead atoms. The molecule has 2 aromatic rings. The van der Waals surface area contributed by atoms with E-state index in [1.165, 1.54) is 0 Å². The largest absolute Gasteiger partial charge is 0.460 e. The summed E-state index contributed by atoms with van der Waals surface area (Å²) in [5.74, 6) is -60.4. The summed E-state index contributed by atoms with van der Waals surface area (Å²) in [5.41, 5.74) is -5.86. The predicted molar refractivity (Wildman–Crippen MR) is 72.0 cm³/mol. The van der Waals surface area contributed by atoms with Gasteiger partial charge < -0.3 is 4.42 Å². The van der Waals surface area contributed by atoms with Crippen molar-refractivity contribution in [3.8, 4) is 0 Å². The maximum atomic E-state index is 14.1. The molecule has 0 unspecified atom stereocenters. The molecule has 0 amide bonds. The Balaban J connectivity index is 2.92. The standard InChI is InChI=1S/C15F18O2/c16-2-1-7(34)6(20)9(35-8(1)5(19)4(18)3(2)17)10(21,22)11(23,24)12(25,26)13(27,28)14(29,30)15(31,32)33. The summed E-state index contributed by atoms with van der Waals surface area (Å²) >= 11 is 0. The molecule has 0 saturated carbocycles. The van der Waals surface area contributed by atoms with Crippen molar-refractivity contribution in [2.24, 2.45) is 0 Å². The monoisotopic (exact) mass is 554 g/mol. The summed E-state index contributed by atoms with van der Waals surface area (Å²) in [4.78, 5) is 11.6. The summed E-state index contributed by atoms with van der Waals surface area (Å²) in [6, 6.07) is 0. The second-order valence-corrected chi connectivity index (χ2v) is 6.40. The Labute approximate surface area is 176 Å². The van der Waals surface area contributed by atoms with E-state index in [1.54, 1.807) is 0 Å². The van der Waals surface area contributed by atoms with Gasteiger partial charge in [0, 0.05) is 0 Å². The van der Waals surface area contributed by atoms with E-state index in [-0.39, 0.29) is 0 Å². The van der Waals surface area contributed by atoms with Crippen molar-refractivity contribution in [1.82, 2.24) is 0 Å². The summed E-state index contributed by atoms with van der Waals surface area (Å²) in [5, 5.41) is -2.47. The van der Waals surface area contributed by atoms with Crippen molar-refractivity contribution in [3.05, 3.63) is 45.1 Å². The average Bonchev–Trinajstić information content (AvgIpc) is 2.70. The molecule has 35 heavy (non-hydrogen) atoms. The highest BCUT2D eigenvalue weighted by atomic mass is 19.4.